The average Bonchev–Trinajstić information content (AvgIpc) is 2.64. The number of hydrogen-bond acceptors (Lipinski definition) is 1. The first-order valence-corrected chi connectivity index (χ1v) is 7.13. The summed E-state index contributed by atoms with van der Waals surface area (Å²) >= 11 is 0. The topological polar surface area (TPSA) is 12.0 Å². The van der Waals surface area contributed by atoms with Crippen LogP contribution >= 0.6 is 0 Å². The molecule has 1 atom stereocenters. The summed E-state index contributed by atoms with van der Waals surface area (Å²) in [5.74, 6) is 2.08. The summed E-state index contributed by atoms with van der Waals surface area (Å²) in [6.07, 6.45) is 13.3. The van der Waals surface area contributed by atoms with Crippen molar-refractivity contribution in [2.45, 2.75) is 70.8 Å². The lowest BCUT2D eigenvalue weighted by Crippen LogP contribution is -2.41. The maximum atomic E-state index is 3.80. The molecule has 1 heteroatoms. The Morgan fingerprint density at radius 2 is 1.80 bits per heavy atom. The molecule has 15 heavy (non-hydrogen) atoms. The molecule has 2 saturated carbocycles. The highest BCUT2D eigenvalue weighted by atomic mass is 14.9. The van der Waals surface area contributed by atoms with E-state index in [1.165, 1.54) is 64.3 Å². The number of nitrogens with one attached hydrogen (secondary N) is 1. The molecule has 0 aromatic heterocycles. The van der Waals surface area contributed by atoms with Crippen LogP contribution < -0.4 is 5.32 Å². The van der Waals surface area contributed by atoms with E-state index in [9.17, 15) is 0 Å². The fourth-order valence-corrected chi connectivity index (χ4v) is 3.22. The Hall–Kier alpha value is -0.0400. The first-order chi connectivity index (χ1) is 7.40. The maximum Gasteiger partial charge on any atom is 0.00979 e. The van der Waals surface area contributed by atoms with Crippen LogP contribution in [0.1, 0.15) is 64.7 Å². The highest BCUT2D eigenvalue weighted by Gasteiger charge is 2.29. The van der Waals surface area contributed by atoms with Gasteiger partial charge >= 0.3 is 0 Å². The van der Waals surface area contributed by atoms with Gasteiger partial charge in [0.25, 0.3) is 0 Å². The molecule has 2 aliphatic carbocycles. The van der Waals surface area contributed by atoms with Gasteiger partial charge in [0.15, 0.2) is 0 Å². The molecule has 1 N–H and O–H groups in total. The van der Waals surface area contributed by atoms with Gasteiger partial charge in [0, 0.05) is 6.04 Å². The third-order valence-electron chi connectivity index (χ3n) is 4.44. The van der Waals surface area contributed by atoms with Gasteiger partial charge in [0.2, 0.25) is 0 Å². The van der Waals surface area contributed by atoms with Gasteiger partial charge in [-0.2, -0.15) is 0 Å². The Kier molecular flexibility index (Phi) is 4.49. The first-order valence-electron chi connectivity index (χ1n) is 7.13. The van der Waals surface area contributed by atoms with E-state index < -0.39 is 0 Å². The Bertz CT molecular complexity index is 168. The van der Waals surface area contributed by atoms with Crippen LogP contribution in [0.4, 0.5) is 0 Å². The van der Waals surface area contributed by atoms with E-state index in [-0.39, 0.29) is 0 Å². The van der Waals surface area contributed by atoms with Crippen LogP contribution in [0.15, 0.2) is 0 Å². The highest BCUT2D eigenvalue weighted by Crippen LogP contribution is 2.36. The van der Waals surface area contributed by atoms with E-state index in [1.807, 2.05) is 0 Å². The van der Waals surface area contributed by atoms with Crippen LogP contribution in [-0.4, -0.2) is 12.6 Å². The van der Waals surface area contributed by atoms with Gasteiger partial charge in [-0.3, -0.25) is 0 Å². The molecule has 0 amide bonds. The predicted octanol–water partition coefficient (Wildman–Crippen LogP) is 3.74. The standard InChI is InChI=1S/C14H27N/c1-2-10-15-14(13-8-5-9-13)11-12-6-3-4-7-12/h12-15H,2-11H2,1H3. The molecule has 2 aliphatic rings. The summed E-state index contributed by atoms with van der Waals surface area (Å²) in [5, 5.41) is 3.80. The SMILES string of the molecule is CCCNC(CC1CCCC1)C1CCC1. The van der Waals surface area contributed by atoms with Crippen molar-refractivity contribution >= 4 is 0 Å². The molecule has 0 heterocycles. The largest absolute Gasteiger partial charge is 0.314 e. The van der Waals surface area contributed by atoms with E-state index in [4.69, 9.17) is 0 Å². The molecule has 0 aromatic carbocycles. The van der Waals surface area contributed by atoms with Crippen molar-refractivity contribution in [2.75, 3.05) is 6.54 Å². The maximum absolute atomic E-state index is 3.80. The van der Waals surface area contributed by atoms with Crippen molar-refractivity contribution in [1.29, 1.82) is 0 Å². The second-order valence-corrected chi connectivity index (χ2v) is 5.64. The molecule has 0 bridgehead atoms. The third-order valence-corrected chi connectivity index (χ3v) is 4.44. The van der Waals surface area contributed by atoms with Crippen molar-refractivity contribution in [3.8, 4) is 0 Å². The Morgan fingerprint density at radius 1 is 1.07 bits per heavy atom. The molecule has 0 aromatic rings. The molecule has 0 aliphatic heterocycles. The van der Waals surface area contributed by atoms with E-state index in [1.54, 1.807) is 0 Å². The Balaban J connectivity index is 1.75. The summed E-state index contributed by atoms with van der Waals surface area (Å²) in [7, 11) is 0. The third kappa shape index (κ3) is 3.21. The molecule has 1 unspecified atom stereocenters. The lowest BCUT2D eigenvalue weighted by Gasteiger charge is -2.36. The molecule has 0 spiro atoms. The van der Waals surface area contributed by atoms with Gasteiger partial charge in [0.1, 0.15) is 0 Å². The fourth-order valence-electron chi connectivity index (χ4n) is 3.22. The molecule has 2 rings (SSSR count). The predicted molar refractivity (Wildman–Crippen MR) is 66.0 cm³/mol. The summed E-state index contributed by atoms with van der Waals surface area (Å²) in [5.41, 5.74) is 0. The zero-order valence-electron chi connectivity index (χ0n) is 10.3. The molecular formula is C14H27N. The van der Waals surface area contributed by atoms with Crippen molar-refractivity contribution in [3.05, 3.63) is 0 Å². The van der Waals surface area contributed by atoms with Crippen LogP contribution in [0.5, 0.6) is 0 Å². The molecule has 2 fully saturated rings. The molecular weight excluding hydrogens is 182 g/mol. The molecule has 1 nitrogen and oxygen atoms in total. The number of hydrogen-bond donors (Lipinski definition) is 1. The lowest BCUT2D eigenvalue weighted by molar-refractivity contribution is 0.200. The van der Waals surface area contributed by atoms with E-state index in [0.717, 1.165) is 17.9 Å². The zero-order valence-corrected chi connectivity index (χ0v) is 10.3. The monoisotopic (exact) mass is 209 g/mol. The van der Waals surface area contributed by atoms with E-state index in [0.29, 0.717) is 0 Å². The van der Waals surface area contributed by atoms with Gasteiger partial charge in [-0.25, -0.2) is 0 Å². The first kappa shape index (κ1) is 11.4. The van der Waals surface area contributed by atoms with E-state index >= 15 is 0 Å². The molecule has 0 saturated heterocycles. The second-order valence-electron chi connectivity index (χ2n) is 5.64. The van der Waals surface area contributed by atoms with Gasteiger partial charge < -0.3 is 5.32 Å². The summed E-state index contributed by atoms with van der Waals surface area (Å²) in [4.78, 5) is 0. The van der Waals surface area contributed by atoms with Crippen LogP contribution in [0.3, 0.4) is 0 Å². The molecule has 88 valence electrons. The van der Waals surface area contributed by atoms with Gasteiger partial charge in [-0.15, -0.1) is 0 Å². The minimum absolute atomic E-state index is 0.863. The zero-order chi connectivity index (χ0) is 10.5. The second kappa shape index (κ2) is 5.89. The van der Waals surface area contributed by atoms with Crippen molar-refractivity contribution in [2.24, 2.45) is 11.8 Å². The summed E-state index contributed by atoms with van der Waals surface area (Å²) in [6.45, 7) is 3.51. The smallest absolute Gasteiger partial charge is 0.00979 e. The van der Waals surface area contributed by atoms with Crippen LogP contribution in [0, 0.1) is 11.8 Å². The fraction of sp³-hybridized carbons (Fsp3) is 1.00. The normalized spacial score (nSPS) is 25.4. The van der Waals surface area contributed by atoms with Crippen molar-refractivity contribution in [1.82, 2.24) is 5.32 Å². The lowest BCUT2D eigenvalue weighted by atomic mass is 9.76. The summed E-state index contributed by atoms with van der Waals surface area (Å²) in [6, 6.07) is 0.863. The van der Waals surface area contributed by atoms with Crippen LogP contribution in [-0.2, 0) is 0 Å². The van der Waals surface area contributed by atoms with Gasteiger partial charge in [-0.05, 0) is 44.1 Å². The van der Waals surface area contributed by atoms with Crippen LogP contribution in [0.25, 0.3) is 0 Å². The highest BCUT2D eigenvalue weighted by molar-refractivity contribution is 4.85. The summed E-state index contributed by atoms with van der Waals surface area (Å²) < 4.78 is 0. The Labute approximate surface area is 95.0 Å². The van der Waals surface area contributed by atoms with Crippen molar-refractivity contribution < 1.29 is 0 Å². The average molecular weight is 209 g/mol. The van der Waals surface area contributed by atoms with Crippen molar-refractivity contribution in [3.63, 3.8) is 0 Å². The van der Waals surface area contributed by atoms with Crippen LogP contribution in [0.2, 0.25) is 0 Å². The van der Waals surface area contributed by atoms with Gasteiger partial charge in [0.05, 0.1) is 0 Å². The minimum Gasteiger partial charge on any atom is -0.314 e. The minimum atomic E-state index is 0.863. The van der Waals surface area contributed by atoms with E-state index in [2.05, 4.69) is 12.2 Å². The quantitative estimate of drug-likeness (QED) is 0.703. The van der Waals surface area contributed by atoms with Gasteiger partial charge in [-0.1, -0.05) is 39.0 Å². The molecule has 0 radical (unpaired) electrons. The Morgan fingerprint density at radius 3 is 2.33 bits per heavy atom. The number of rotatable bonds is 6.